The predicted molar refractivity (Wildman–Crippen MR) is 356 cm³/mol. The molecule has 4 heterocycles. The lowest BCUT2D eigenvalue weighted by atomic mass is 9.78. The maximum atomic E-state index is 14.8. The van der Waals surface area contributed by atoms with Crippen molar-refractivity contribution >= 4 is 35.4 Å². The molecule has 4 aliphatic heterocycles. The highest BCUT2D eigenvalue weighted by atomic mass is 16.6. The fourth-order valence-electron chi connectivity index (χ4n) is 13.5. The van der Waals surface area contributed by atoms with Gasteiger partial charge in [-0.25, -0.2) is 9.59 Å². The van der Waals surface area contributed by atoms with E-state index < -0.39 is 102 Å². The first kappa shape index (κ1) is 81.1. The van der Waals surface area contributed by atoms with Gasteiger partial charge < -0.3 is 83.0 Å². The number of methoxy groups -OCH3 is 3. The molecule has 5 N–H and O–H groups in total. The highest BCUT2D eigenvalue weighted by Crippen LogP contribution is 2.38. The lowest BCUT2D eigenvalue weighted by Crippen LogP contribution is -2.61. The standard InChI is InChI=1S/C71H118N4O20/c1-12-88-32-33-90-36-37-92-39-38-91-35-34-89-31-27-72-63(77)46-74-29-25-55(26-30-74)73-70(83)94-59-24-22-54(43-62(59)86-10)42-50(5)61-45-58(76)49(4)41-52(7)65(79)66(87-11)64(78)51(6)40-47(2)18-14-13-15-19-48(3)60(85-9)44-56-23-21-53(8)71(84,95-56)67(80)68(81)75-28-17-16-20-57(75)69(82)93-61/h13-15,18-19,41,47,49-51,53-62,65-66,76,79,84H,12,16-17,20-40,42-46H2,1-11H3,(H,72,77)(H,73,83)/b15-13+,18-14+,48-19+,52-41+/t47-,49?,50-,51-,53-,54+,56+,57+,58-,59?,60+,61+,62-,65-,66+,71-/m1/s1. The van der Waals surface area contributed by atoms with E-state index in [0.29, 0.717) is 168 Å². The van der Waals surface area contributed by atoms with E-state index in [1.807, 2.05) is 65.0 Å². The van der Waals surface area contributed by atoms with Gasteiger partial charge in [0.2, 0.25) is 11.7 Å². The van der Waals surface area contributed by atoms with E-state index in [9.17, 15) is 44.1 Å². The van der Waals surface area contributed by atoms with E-state index in [1.165, 1.54) is 12.0 Å². The number of aliphatic hydroxyl groups excluding tert-OH is 2. The van der Waals surface area contributed by atoms with Gasteiger partial charge in [0.1, 0.15) is 30.5 Å². The molecule has 0 radical (unpaired) electrons. The van der Waals surface area contributed by atoms with Crippen LogP contribution in [0.2, 0.25) is 0 Å². The van der Waals surface area contributed by atoms with Crippen molar-refractivity contribution in [2.24, 2.45) is 35.5 Å². The predicted octanol–water partition coefficient (Wildman–Crippen LogP) is 6.39. The zero-order chi connectivity index (χ0) is 69.5. The average Bonchev–Trinajstić information content (AvgIpc) is 0.780. The van der Waals surface area contributed by atoms with Gasteiger partial charge in [0, 0.05) is 90.8 Å². The van der Waals surface area contributed by atoms with Crippen LogP contribution in [-0.2, 0) is 76.1 Å². The molecule has 2 unspecified atom stereocenters. The van der Waals surface area contributed by atoms with E-state index in [1.54, 1.807) is 41.1 Å². The summed E-state index contributed by atoms with van der Waals surface area (Å²) in [6.45, 7) is 21.5. The van der Waals surface area contributed by atoms with Crippen LogP contribution in [0.3, 0.4) is 0 Å². The van der Waals surface area contributed by atoms with Crippen molar-refractivity contribution in [2.45, 2.75) is 212 Å². The third-order valence-corrected chi connectivity index (χ3v) is 19.4. The van der Waals surface area contributed by atoms with Crippen LogP contribution in [0.1, 0.15) is 145 Å². The van der Waals surface area contributed by atoms with Crippen LogP contribution in [0.15, 0.2) is 47.6 Å². The zero-order valence-electron chi connectivity index (χ0n) is 58.9. The largest absolute Gasteiger partial charge is 0.460 e. The Labute approximate surface area is 565 Å². The second-order valence-electron chi connectivity index (χ2n) is 26.9. The van der Waals surface area contributed by atoms with E-state index in [4.69, 9.17) is 52.1 Å². The molecule has 1 saturated carbocycles. The van der Waals surface area contributed by atoms with Crippen molar-refractivity contribution in [2.75, 3.05) is 120 Å². The number of likely N-dealkylation sites (tertiary alicyclic amines) is 1. The van der Waals surface area contributed by atoms with Crippen molar-refractivity contribution in [1.82, 2.24) is 20.4 Å². The zero-order valence-corrected chi connectivity index (χ0v) is 58.9. The summed E-state index contributed by atoms with van der Waals surface area (Å²) in [5, 5.41) is 41.8. The van der Waals surface area contributed by atoms with Crippen LogP contribution >= 0.6 is 0 Å². The Hall–Kier alpha value is -4.54. The number of carbonyl (C=O) groups excluding carboxylic acids is 6. The summed E-state index contributed by atoms with van der Waals surface area (Å²) in [6, 6.07) is -1.31. The summed E-state index contributed by atoms with van der Waals surface area (Å²) < 4.78 is 63.5. The van der Waals surface area contributed by atoms with Gasteiger partial charge in [0.25, 0.3) is 11.7 Å². The molecule has 1 aliphatic carbocycles. The number of esters is 1. The van der Waals surface area contributed by atoms with Crippen LogP contribution in [0.5, 0.6) is 0 Å². The number of piperidine rings is 2. The summed E-state index contributed by atoms with van der Waals surface area (Å²) in [5.41, 5.74) is 1.28. The molecule has 0 aromatic rings. The fourth-order valence-corrected chi connectivity index (χ4v) is 13.5. The smallest absolute Gasteiger partial charge is 0.407 e. The molecule has 4 fully saturated rings. The Kier molecular flexibility index (Phi) is 36.8. The van der Waals surface area contributed by atoms with Crippen molar-refractivity contribution in [3.05, 3.63) is 47.6 Å². The van der Waals surface area contributed by atoms with Gasteiger partial charge in [-0.1, -0.05) is 71.1 Å². The SMILES string of the molecule is CCOCCOCCOCCOCCOCCNC(=O)CN1CCC(NC(=O)OC2CC[C@@H](C[C@@H](C)[C@@H]3C[C@@H](O)C(C)/C=C(\C)[C@@H](O)[C@@H](OC)C(=O)[C@H](C)C[C@H](C)/C=C/C=C/C=C(\C)[C@@H](OC)C[C@@H]4CC[C@@H](C)[C@@](O)(O4)C(=O)C(=O)N4CCCC[C@H]4C(=O)O3)C[C@H]2OC)CC1. The highest BCUT2D eigenvalue weighted by Gasteiger charge is 2.53. The number of aliphatic hydroxyl groups is 3. The molecular weight excluding hydrogens is 1230 g/mol. The number of nitrogens with one attached hydrogen (secondary N) is 2. The van der Waals surface area contributed by atoms with E-state index in [2.05, 4.69) is 15.5 Å². The second-order valence-corrected chi connectivity index (χ2v) is 26.9. The summed E-state index contributed by atoms with van der Waals surface area (Å²) >= 11 is 0. The maximum Gasteiger partial charge on any atom is 0.407 e. The lowest BCUT2D eigenvalue weighted by Gasteiger charge is -2.43. The third kappa shape index (κ3) is 26.9. The molecule has 3 saturated heterocycles. The Morgan fingerprint density at radius 2 is 1.39 bits per heavy atom. The minimum atomic E-state index is -2.46. The van der Waals surface area contributed by atoms with Crippen LogP contribution in [-0.4, -0.2) is 247 Å². The molecule has 95 heavy (non-hydrogen) atoms. The fraction of sp³-hybridized carbons (Fsp3) is 0.803. The second kappa shape index (κ2) is 43.1. The number of rotatable bonds is 26. The topological polar surface area (TPSA) is 295 Å². The number of alkyl carbamates (subject to hydrolysis) is 1. The van der Waals surface area contributed by atoms with Crippen molar-refractivity contribution in [1.29, 1.82) is 0 Å². The molecule has 0 spiro atoms. The Morgan fingerprint density at radius 3 is 2.03 bits per heavy atom. The Balaban J connectivity index is 1.19. The minimum Gasteiger partial charge on any atom is -0.460 e. The number of fused-ring (bicyclic) bond motifs is 3. The van der Waals surface area contributed by atoms with Gasteiger partial charge in [-0.05, 0) is 127 Å². The quantitative estimate of drug-likeness (QED) is 0.0271. The molecule has 0 aromatic carbocycles. The number of ketones is 2. The van der Waals surface area contributed by atoms with Crippen LogP contribution in [0.4, 0.5) is 4.79 Å². The van der Waals surface area contributed by atoms with E-state index in [0.717, 1.165) is 5.57 Å². The first-order chi connectivity index (χ1) is 45.5. The number of cyclic esters (lactones) is 1. The van der Waals surface area contributed by atoms with Crippen molar-refractivity contribution < 1.29 is 96.2 Å². The van der Waals surface area contributed by atoms with Gasteiger partial charge in [0.15, 0.2) is 5.78 Å². The Morgan fingerprint density at radius 1 is 0.726 bits per heavy atom. The Bertz CT molecular complexity index is 2450. The number of ether oxygens (including phenoxy) is 11. The van der Waals surface area contributed by atoms with Crippen molar-refractivity contribution in [3.8, 4) is 0 Å². The van der Waals surface area contributed by atoms with Gasteiger partial charge >= 0.3 is 12.1 Å². The number of carbonyl (C=O) groups is 6. The van der Waals surface area contributed by atoms with Gasteiger partial charge in [-0.15, -0.1) is 0 Å². The molecule has 3 amide bonds. The normalized spacial score (nSPS) is 33.4. The number of nitrogens with zero attached hydrogens (tertiary/aromatic N) is 2. The molecule has 5 rings (SSSR count). The lowest BCUT2D eigenvalue weighted by molar-refractivity contribution is -0.265. The number of amides is 3. The van der Waals surface area contributed by atoms with Gasteiger partial charge in [-0.3, -0.25) is 24.1 Å². The number of hydrogen-bond acceptors (Lipinski definition) is 21. The highest BCUT2D eigenvalue weighted by molar-refractivity contribution is 6.39. The number of Topliss-reactive ketones (excluding diaryl/α,β-unsaturated/α-hetero) is 2. The summed E-state index contributed by atoms with van der Waals surface area (Å²) in [7, 11) is 4.54. The summed E-state index contributed by atoms with van der Waals surface area (Å²) in [6.07, 6.45) is 10.5. The molecule has 0 aromatic heterocycles. The van der Waals surface area contributed by atoms with Crippen LogP contribution < -0.4 is 10.6 Å². The molecule has 24 heteroatoms. The van der Waals surface area contributed by atoms with E-state index >= 15 is 0 Å². The van der Waals surface area contributed by atoms with Crippen LogP contribution in [0, 0.1) is 35.5 Å². The van der Waals surface area contributed by atoms with E-state index in [-0.39, 0.29) is 61.4 Å². The summed E-state index contributed by atoms with van der Waals surface area (Å²) in [4.78, 5) is 87.1. The first-order valence-corrected chi connectivity index (χ1v) is 35.0. The molecule has 2 bridgehead atoms. The molecular formula is C71H118N4O20. The van der Waals surface area contributed by atoms with Crippen LogP contribution in [0.25, 0.3) is 0 Å². The maximum absolute atomic E-state index is 14.8. The van der Waals surface area contributed by atoms with Gasteiger partial charge in [0.05, 0.1) is 90.4 Å². The van der Waals surface area contributed by atoms with Crippen molar-refractivity contribution in [3.63, 3.8) is 0 Å². The van der Waals surface area contributed by atoms with Gasteiger partial charge in [-0.2, -0.15) is 0 Å². The molecule has 542 valence electrons. The molecule has 16 atom stereocenters. The number of allylic oxidation sites excluding steroid dienone is 5. The summed E-state index contributed by atoms with van der Waals surface area (Å²) in [5.74, 6) is -7.93. The molecule has 24 nitrogen and oxygen atoms in total. The molecule has 5 aliphatic rings. The third-order valence-electron chi connectivity index (χ3n) is 19.4. The minimum absolute atomic E-state index is 0.000225. The first-order valence-electron chi connectivity index (χ1n) is 35.0. The number of hydrogen-bond donors (Lipinski definition) is 5. The monoisotopic (exact) mass is 1350 g/mol. The average molecular weight is 1350 g/mol.